The molecule has 8 heteroatoms. The second kappa shape index (κ2) is 10.8. The minimum atomic E-state index is -0.499. The summed E-state index contributed by atoms with van der Waals surface area (Å²) in [4.78, 5) is 39.4. The Morgan fingerprint density at radius 2 is 1.80 bits per heavy atom. The summed E-state index contributed by atoms with van der Waals surface area (Å²) in [5.41, 5.74) is 2.87. The number of esters is 1. The number of aryl methyl sites for hydroxylation is 1. The van der Waals surface area contributed by atoms with Crippen LogP contribution in [-0.4, -0.2) is 28.6 Å². The lowest BCUT2D eigenvalue weighted by atomic mass is 10.1. The van der Waals surface area contributed by atoms with E-state index >= 15 is 0 Å². The highest BCUT2D eigenvalue weighted by Crippen LogP contribution is 2.35. The van der Waals surface area contributed by atoms with Gasteiger partial charge in [-0.05, 0) is 79.2 Å². The molecule has 1 saturated heterocycles. The van der Waals surface area contributed by atoms with Crippen molar-refractivity contribution >= 4 is 46.6 Å². The first kappa shape index (κ1) is 24.6. The predicted octanol–water partition coefficient (Wildman–Crippen LogP) is 6.50. The summed E-state index contributed by atoms with van der Waals surface area (Å²) in [5.74, 6) is -0.253. The predicted molar refractivity (Wildman–Crippen MR) is 137 cm³/mol. The highest BCUT2D eigenvalue weighted by atomic mass is 35.5. The van der Waals surface area contributed by atoms with Crippen LogP contribution in [0.15, 0.2) is 71.6 Å². The van der Waals surface area contributed by atoms with Gasteiger partial charge in [-0.25, -0.2) is 4.79 Å². The molecule has 35 heavy (non-hydrogen) atoms. The third-order valence-corrected chi connectivity index (χ3v) is 6.30. The van der Waals surface area contributed by atoms with Gasteiger partial charge in [0.25, 0.3) is 11.1 Å². The number of imide groups is 1. The molecule has 3 aromatic carbocycles. The van der Waals surface area contributed by atoms with Gasteiger partial charge in [0, 0.05) is 5.02 Å². The van der Waals surface area contributed by atoms with Gasteiger partial charge < -0.3 is 9.47 Å². The van der Waals surface area contributed by atoms with Gasteiger partial charge >= 0.3 is 5.97 Å². The first-order chi connectivity index (χ1) is 16.8. The monoisotopic (exact) mass is 507 g/mol. The molecule has 0 atom stereocenters. The van der Waals surface area contributed by atoms with Gasteiger partial charge in [0.2, 0.25) is 0 Å². The number of hydrogen-bond donors (Lipinski definition) is 0. The van der Waals surface area contributed by atoms with Crippen molar-refractivity contribution < 1.29 is 23.9 Å². The van der Waals surface area contributed by atoms with Gasteiger partial charge in [0.1, 0.15) is 0 Å². The van der Waals surface area contributed by atoms with Crippen molar-refractivity contribution in [2.24, 2.45) is 0 Å². The number of amides is 2. The van der Waals surface area contributed by atoms with Crippen LogP contribution in [0, 0.1) is 6.92 Å². The minimum Gasteiger partial charge on any atom is -0.490 e. The lowest BCUT2D eigenvalue weighted by Crippen LogP contribution is -2.27. The van der Waals surface area contributed by atoms with Crippen molar-refractivity contribution in [3.8, 4) is 11.5 Å². The number of nitrogens with zero attached hydrogens (tertiary/aromatic N) is 1. The molecule has 1 heterocycles. The Hall–Kier alpha value is -3.55. The Bertz CT molecular complexity index is 1320. The van der Waals surface area contributed by atoms with E-state index in [0.29, 0.717) is 33.4 Å². The number of carbonyl (C=O) groups is 3. The lowest BCUT2D eigenvalue weighted by Gasteiger charge is -2.13. The van der Waals surface area contributed by atoms with Crippen molar-refractivity contribution in [3.05, 3.63) is 98.9 Å². The molecule has 6 nitrogen and oxygen atoms in total. The smallest absolute Gasteiger partial charge is 0.343 e. The summed E-state index contributed by atoms with van der Waals surface area (Å²) >= 11 is 6.89. The average molecular weight is 508 g/mol. The lowest BCUT2D eigenvalue weighted by molar-refractivity contribution is -0.123. The first-order valence-electron chi connectivity index (χ1n) is 10.9. The largest absolute Gasteiger partial charge is 0.490 e. The summed E-state index contributed by atoms with van der Waals surface area (Å²) in [6.07, 6.45) is 1.62. The van der Waals surface area contributed by atoms with Gasteiger partial charge in [-0.15, -0.1) is 0 Å². The molecule has 0 aromatic heterocycles. The summed E-state index contributed by atoms with van der Waals surface area (Å²) in [5, 5.41) is 0.187. The first-order valence-corrected chi connectivity index (χ1v) is 12.1. The maximum atomic E-state index is 12.9. The summed E-state index contributed by atoms with van der Waals surface area (Å²) in [7, 11) is 0. The average Bonchev–Trinajstić information content (AvgIpc) is 3.08. The van der Waals surface area contributed by atoms with Crippen molar-refractivity contribution in [1.82, 2.24) is 4.90 Å². The van der Waals surface area contributed by atoms with Gasteiger partial charge in [-0.2, -0.15) is 0 Å². The second-order valence-electron chi connectivity index (χ2n) is 7.79. The summed E-state index contributed by atoms with van der Waals surface area (Å²) < 4.78 is 11.2. The number of ether oxygens (including phenoxy) is 2. The van der Waals surface area contributed by atoms with E-state index in [-0.39, 0.29) is 23.4 Å². The van der Waals surface area contributed by atoms with Crippen molar-refractivity contribution in [3.63, 3.8) is 0 Å². The molecule has 1 aliphatic heterocycles. The fraction of sp³-hybridized carbons (Fsp3) is 0.148. The van der Waals surface area contributed by atoms with Crippen LogP contribution in [0.5, 0.6) is 11.5 Å². The second-order valence-corrected chi connectivity index (χ2v) is 9.22. The number of rotatable bonds is 7. The Labute approximate surface area is 212 Å². The fourth-order valence-electron chi connectivity index (χ4n) is 3.42. The minimum absolute atomic E-state index is 0.140. The fourth-order valence-corrected chi connectivity index (χ4v) is 4.47. The Morgan fingerprint density at radius 1 is 1.03 bits per heavy atom. The van der Waals surface area contributed by atoms with E-state index in [1.165, 1.54) is 4.90 Å². The summed E-state index contributed by atoms with van der Waals surface area (Å²) in [6, 6.07) is 19.1. The van der Waals surface area contributed by atoms with E-state index in [4.69, 9.17) is 21.1 Å². The van der Waals surface area contributed by atoms with Crippen LogP contribution in [0.2, 0.25) is 5.02 Å². The van der Waals surface area contributed by atoms with E-state index in [1.807, 2.05) is 32.0 Å². The molecule has 2 amide bonds. The topological polar surface area (TPSA) is 72.9 Å². The number of halogens is 1. The van der Waals surface area contributed by atoms with Crippen LogP contribution in [-0.2, 0) is 11.3 Å². The van der Waals surface area contributed by atoms with Crippen LogP contribution in [0.4, 0.5) is 4.79 Å². The molecular weight excluding hydrogens is 486 g/mol. The molecule has 3 aromatic rings. The molecule has 0 aliphatic carbocycles. The standard InChI is InChI=1S/C27H22ClNO5S/c1-3-33-23-14-18(9-12-22(23)34-26(31)20-10-7-17(2)8-11-20)15-24-25(30)29(27(32)35-24)16-19-5-4-6-21(28)13-19/h4-15H,3,16H2,1-2H3/b24-15-. The molecule has 178 valence electrons. The SMILES string of the molecule is CCOc1cc(/C=C2\SC(=O)N(Cc3cccc(Cl)c3)C2=O)ccc1OC(=O)c1ccc(C)cc1. The van der Waals surface area contributed by atoms with E-state index in [9.17, 15) is 14.4 Å². The molecule has 0 unspecified atom stereocenters. The normalized spacial score (nSPS) is 14.5. The maximum Gasteiger partial charge on any atom is 0.343 e. The van der Waals surface area contributed by atoms with E-state index < -0.39 is 5.97 Å². The zero-order chi connectivity index (χ0) is 24.9. The van der Waals surface area contributed by atoms with E-state index in [0.717, 1.165) is 22.9 Å². The molecule has 0 N–H and O–H groups in total. The molecule has 0 radical (unpaired) electrons. The molecule has 0 spiro atoms. The van der Waals surface area contributed by atoms with Crippen LogP contribution in [0.1, 0.15) is 34.0 Å². The Balaban J connectivity index is 1.53. The van der Waals surface area contributed by atoms with Crippen molar-refractivity contribution in [2.45, 2.75) is 20.4 Å². The third kappa shape index (κ3) is 5.93. The Morgan fingerprint density at radius 3 is 2.51 bits per heavy atom. The maximum absolute atomic E-state index is 12.9. The zero-order valence-electron chi connectivity index (χ0n) is 19.1. The van der Waals surface area contributed by atoms with Crippen molar-refractivity contribution in [1.29, 1.82) is 0 Å². The quantitative estimate of drug-likeness (QED) is 0.206. The Kier molecular flexibility index (Phi) is 7.58. The molecule has 0 bridgehead atoms. The molecule has 1 fully saturated rings. The van der Waals surface area contributed by atoms with Crippen LogP contribution < -0.4 is 9.47 Å². The highest BCUT2D eigenvalue weighted by molar-refractivity contribution is 8.18. The van der Waals surface area contributed by atoms with Crippen molar-refractivity contribution in [2.75, 3.05) is 6.61 Å². The highest BCUT2D eigenvalue weighted by Gasteiger charge is 2.35. The number of hydrogen-bond acceptors (Lipinski definition) is 6. The van der Waals surface area contributed by atoms with Gasteiger partial charge in [0.05, 0.1) is 23.6 Å². The van der Waals surface area contributed by atoms with Crippen LogP contribution in [0.25, 0.3) is 6.08 Å². The number of benzene rings is 3. The molecule has 0 saturated carbocycles. The van der Waals surface area contributed by atoms with E-state index in [2.05, 4.69) is 0 Å². The molecular formula is C27H22ClNO5S. The van der Waals surface area contributed by atoms with Gasteiger partial charge in [-0.1, -0.05) is 47.5 Å². The van der Waals surface area contributed by atoms with Crippen LogP contribution in [0.3, 0.4) is 0 Å². The number of thioether (sulfide) groups is 1. The van der Waals surface area contributed by atoms with Gasteiger partial charge in [-0.3, -0.25) is 14.5 Å². The van der Waals surface area contributed by atoms with Crippen LogP contribution >= 0.6 is 23.4 Å². The zero-order valence-corrected chi connectivity index (χ0v) is 20.7. The number of carbonyl (C=O) groups excluding carboxylic acids is 3. The van der Waals surface area contributed by atoms with E-state index in [1.54, 1.807) is 54.6 Å². The summed E-state index contributed by atoms with van der Waals surface area (Å²) in [6.45, 7) is 4.25. The third-order valence-electron chi connectivity index (χ3n) is 5.16. The molecule has 4 rings (SSSR count). The molecule has 1 aliphatic rings. The van der Waals surface area contributed by atoms with Gasteiger partial charge in [0.15, 0.2) is 11.5 Å².